The van der Waals surface area contributed by atoms with E-state index in [0.717, 1.165) is 31.4 Å². The first-order valence-electron chi connectivity index (χ1n) is 8.42. The minimum atomic E-state index is -0.252. The van der Waals surface area contributed by atoms with Crippen LogP contribution in [0.5, 0.6) is 0 Å². The smallest absolute Gasteiger partial charge is 0.343 e. The number of carbonyl (C=O) groups is 1. The Hall–Kier alpha value is -2.06. The zero-order valence-corrected chi connectivity index (χ0v) is 14.8. The highest BCUT2D eigenvalue weighted by Gasteiger charge is 2.17. The van der Waals surface area contributed by atoms with Crippen LogP contribution in [0.3, 0.4) is 0 Å². The van der Waals surface area contributed by atoms with E-state index in [1.54, 1.807) is 4.57 Å². The largest absolute Gasteiger partial charge is 0.376 e. The first-order chi connectivity index (χ1) is 12.2. The molecule has 3 rings (SSSR count). The minimum absolute atomic E-state index is 0.0782. The molecule has 1 atom stereocenters. The lowest BCUT2D eigenvalue weighted by atomic mass is 10.1. The third kappa shape index (κ3) is 5.20. The first kappa shape index (κ1) is 17.8. The van der Waals surface area contributed by atoms with Crippen LogP contribution in [-0.4, -0.2) is 45.7 Å². The Kier molecular flexibility index (Phi) is 6.30. The number of benzene rings is 1. The summed E-state index contributed by atoms with van der Waals surface area (Å²) in [6, 6.07) is 9.96. The van der Waals surface area contributed by atoms with E-state index in [2.05, 4.69) is 15.5 Å². The van der Waals surface area contributed by atoms with E-state index in [-0.39, 0.29) is 23.5 Å². The van der Waals surface area contributed by atoms with Crippen molar-refractivity contribution in [3.8, 4) is 0 Å². The van der Waals surface area contributed by atoms with Gasteiger partial charge in [0.1, 0.15) is 0 Å². The zero-order valence-electron chi connectivity index (χ0n) is 13.9. The van der Waals surface area contributed by atoms with Crippen LogP contribution in [-0.2, 0) is 22.5 Å². The third-order valence-electron chi connectivity index (χ3n) is 4.07. The van der Waals surface area contributed by atoms with Crippen LogP contribution in [0.2, 0.25) is 0 Å². The average molecular weight is 362 g/mol. The summed E-state index contributed by atoms with van der Waals surface area (Å²) in [6.45, 7) is 1.84. The van der Waals surface area contributed by atoms with Crippen molar-refractivity contribution in [2.45, 2.75) is 37.1 Å². The van der Waals surface area contributed by atoms with E-state index in [9.17, 15) is 9.59 Å². The van der Waals surface area contributed by atoms with Gasteiger partial charge in [-0.25, -0.2) is 9.89 Å². The van der Waals surface area contributed by atoms with Crippen LogP contribution >= 0.6 is 11.8 Å². The Balaban J connectivity index is 1.49. The second-order valence-corrected chi connectivity index (χ2v) is 6.87. The van der Waals surface area contributed by atoms with E-state index in [4.69, 9.17) is 4.74 Å². The van der Waals surface area contributed by atoms with Gasteiger partial charge in [0, 0.05) is 19.7 Å². The predicted octanol–water partition coefficient (Wildman–Crippen LogP) is 1.20. The normalized spacial score (nSPS) is 16.9. The van der Waals surface area contributed by atoms with E-state index < -0.39 is 0 Å². The second-order valence-electron chi connectivity index (χ2n) is 5.93. The lowest BCUT2D eigenvalue weighted by molar-refractivity contribution is -0.119. The van der Waals surface area contributed by atoms with Crippen LogP contribution in [0.25, 0.3) is 0 Å². The van der Waals surface area contributed by atoms with Crippen LogP contribution < -0.4 is 11.0 Å². The number of aryl methyl sites for hydroxylation is 1. The molecule has 1 fully saturated rings. The summed E-state index contributed by atoms with van der Waals surface area (Å²) in [6.07, 6.45) is 2.91. The molecule has 2 aromatic rings. The molecule has 2 heterocycles. The van der Waals surface area contributed by atoms with Crippen molar-refractivity contribution in [1.82, 2.24) is 20.1 Å². The third-order valence-corrected chi connectivity index (χ3v) is 5.05. The molecule has 7 nitrogen and oxygen atoms in total. The second kappa shape index (κ2) is 8.87. The Morgan fingerprint density at radius 3 is 3.00 bits per heavy atom. The summed E-state index contributed by atoms with van der Waals surface area (Å²) in [5.74, 6) is 0.146. The van der Waals surface area contributed by atoms with Gasteiger partial charge < -0.3 is 10.1 Å². The van der Waals surface area contributed by atoms with Crippen molar-refractivity contribution in [3.63, 3.8) is 0 Å². The number of hydrogen-bond donors (Lipinski definition) is 2. The van der Waals surface area contributed by atoms with Crippen molar-refractivity contribution >= 4 is 17.7 Å². The molecule has 0 spiro atoms. The van der Waals surface area contributed by atoms with Gasteiger partial charge >= 0.3 is 5.69 Å². The van der Waals surface area contributed by atoms with Gasteiger partial charge in [-0.1, -0.05) is 42.1 Å². The van der Waals surface area contributed by atoms with Gasteiger partial charge in [-0.05, 0) is 24.8 Å². The first-order valence-corrected chi connectivity index (χ1v) is 9.41. The standard InChI is InChI=1S/C17H22N4O3S/c22-15(18-11-14-7-4-10-24-14)12-25-17-20-19-16(23)21(17)9-8-13-5-2-1-3-6-13/h1-3,5-6,14H,4,7-12H2,(H,18,22)(H,19,23)/t14-/m1/s1. The number of amides is 1. The number of H-pyrrole nitrogens is 1. The highest BCUT2D eigenvalue weighted by Crippen LogP contribution is 2.14. The van der Waals surface area contributed by atoms with Crippen LogP contribution in [0, 0.1) is 0 Å². The molecular weight excluding hydrogens is 340 g/mol. The lowest BCUT2D eigenvalue weighted by Crippen LogP contribution is -2.33. The topological polar surface area (TPSA) is 89.0 Å². The summed E-state index contributed by atoms with van der Waals surface area (Å²) < 4.78 is 7.05. The van der Waals surface area contributed by atoms with E-state index in [1.807, 2.05) is 30.3 Å². The molecule has 1 aliphatic heterocycles. The molecule has 0 aliphatic carbocycles. The van der Waals surface area contributed by atoms with E-state index in [1.165, 1.54) is 11.8 Å². The summed E-state index contributed by atoms with van der Waals surface area (Å²) in [5.41, 5.74) is 0.902. The van der Waals surface area contributed by atoms with Crippen molar-refractivity contribution in [1.29, 1.82) is 0 Å². The number of nitrogens with one attached hydrogen (secondary N) is 2. The highest BCUT2D eigenvalue weighted by atomic mass is 32.2. The zero-order chi connectivity index (χ0) is 17.5. The number of aromatic amines is 1. The maximum atomic E-state index is 12.0. The van der Waals surface area contributed by atoms with Gasteiger partial charge in [0.15, 0.2) is 5.16 Å². The number of carbonyl (C=O) groups excluding carboxylic acids is 1. The molecule has 8 heteroatoms. The molecule has 0 bridgehead atoms. The van der Waals surface area contributed by atoms with Gasteiger partial charge in [-0.3, -0.25) is 9.36 Å². The Morgan fingerprint density at radius 1 is 1.40 bits per heavy atom. The summed E-state index contributed by atoms with van der Waals surface area (Å²) in [5, 5.41) is 9.88. The quantitative estimate of drug-likeness (QED) is 0.689. The van der Waals surface area contributed by atoms with Crippen LogP contribution in [0.4, 0.5) is 0 Å². The Labute approximate surface area is 150 Å². The van der Waals surface area contributed by atoms with Crippen LogP contribution in [0.15, 0.2) is 40.3 Å². The average Bonchev–Trinajstić information content (AvgIpc) is 3.27. The number of hydrogen-bond acceptors (Lipinski definition) is 5. The molecule has 0 unspecified atom stereocenters. The SMILES string of the molecule is O=C(CSc1n[nH]c(=O)n1CCc1ccccc1)NC[C@H]1CCCO1. The lowest BCUT2D eigenvalue weighted by Gasteiger charge is -2.10. The minimum Gasteiger partial charge on any atom is -0.376 e. The molecule has 25 heavy (non-hydrogen) atoms. The predicted molar refractivity (Wildman–Crippen MR) is 95.7 cm³/mol. The Morgan fingerprint density at radius 2 is 2.24 bits per heavy atom. The number of thioether (sulfide) groups is 1. The van der Waals surface area contributed by atoms with Crippen molar-refractivity contribution in [2.24, 2.45) is 0 Å². The molecule has 1 saturated heterocycles. The summed E-state index contributed by atoms with van der Waals surface area (Å²) >= 11 is 1.26. The van der Waals surface area contributed by atoms with E-state index >= 15 is 0 Å². The molecule has 1 aromatic heterocycles. The maximum absolute atomic E-state index is 12.0. The number of rotatable bonds is 8. The van der Waals surface area contributed by atoms with Gasteiger partial charge in [-0.2, -0.15) is 0 Å². The van der Waals surface area contributed by atoms with Crippen molar-refractivity contribution < 1.29 is 9.53 Å². The molecule has 134 valence electrons. The fourth-order valence-corrected chi connectivity index (χ4v) is 3.51. The number of ether oxygens (including phenoxy) is 1. The number of aromatic nitrogens is 3. The summed E-state index contributed by atoms with van der Waals surface area (Å²) in [4.78, 5) is 23.9. The van der Waals surface area contributed by atoms with Gasteiger partial charge in [-0.15, -0.1) is 5.10 Å². The molecule has 0 saturated carbocycles. The Bertz CT molecular complexity index is 738. The van der Waals surface area contributed by atoms with Gasteiger partial charge in [0.25, 0.3) is 0 Å². The van der Waals surface area contributed by atoms with E-state index in [0.29, 0.717) is 18.2 Å². The molecule has 2 N–H and O–H groups in total. The summed E-state index contributed by atoms with van der Waals surface area (Å²) in [7, 11) is 0. The fraction of sp³-hybridized carbons (Fsp3) is 0.471. The molecular formula is C17H22N4O3S. The fourth-order valence-electron chi connectivity index (χ4n) is 2.71. The highest BCUT2D eigenvalue weighted by molar-refractivity contribution is 7.99. The number of nitrogens with zero attached hydrogens (tertiary/aromatic N) is 2. The van der Waals surface area contributed by atoms with Crippen molar-refractivity contribution in [3.05, 3.63) is 46.4 Å². The van der Waals surface area contributed by atoms with Gasteiger partial charge in [0.2, 0.25) is 5.91 Å². The molecule has 1 amide bonds. The molecule has 0 radical (unpaired) electrons. The van der Waals surface area contributed by atoms with Crippen LogP contribution in [0.1, 0.15) is 18.4 Å². The van der Waals surface area contributed by atoms with Crippen molar-refractivity contribution in [2.75, 3.05) is 18.9 Å². The maximum Gasteiger partial charge on any atom is 0.343 e. The monoisotopic (exact) mass is 362 g/mol. The molecule has 1 aromatic carbocycles. The molecule has 1 aliphatic rings. The van der Waals surface area contributed by atoms with Gasteiger partial charge in [0.05, 0.1) is 11.9 Å².